The van der Waals surface area contributed by atoms with Crippen LogP contribution >= 0.6 is 0 Å². The van der Waals surface area contributed by atoms with E-state index in [1.807, 2.05) is 0 Å². The quantitative estimate of drug-likeness (QED) is 0.627. The molecule has 0 aliphatic rings. The second-order valence-electron chi connectivity index (χ2n) is 8.45. The molecule has 0 radical (unpaired) electrons. The molecule has 0 aliphatic carbocycles. The Bertz CT molecular complexity index is 596. The van der Waals surface area contributed by atoms with Crippen molar-refractivity contribution >= 4 is 0 Å². The molecule has 0 bridgehead atoms. The molecular weight excluding hydrogens is 384 g/mol. The summed E-state index contributed by atoms with van der Waals surface area (Å²) in [6, 6.07) is 21.4. The first kappa shape index (κ1) is 31.5. The first-order valence-electron chi connectivity index (χ1n) is 11.6. The van der Waals surface area contributed by atoms with Crippen molar-refractivity contribution < 1.29 is 19.2 Å². The van der Waals surface area contributed by atoms with Crippen molar-refractivity contribution in [3.05, 3.63) is 71.8 Å². The van der Waals surface area contributed by atoms with Crippen LogP contribution < -0.4 is 10.2 Å². The summed E-state index contributed by atoms with van der Waals surface area (Å²) in [6.45, 7) is 15.9. The number of quaternary nitrogens is 2. The maximum atomic E-state index is 8.93. The molecule has 0 amide bonds. The maximum Gasteiger partial charge on any atom is 0.104 e. The van der Waals surface area contributed by atoms with Gasteiger partial charge in [0.05, 0.1) is 40.8 Å². The molecule has 0 aromatic heterocycles. The second kappa shape index (κ2) is 19.0. The summed E-state index contributed by atoms with van der Waals surface area (Å²) in [5.74, 6) is 0. The zero-order valence-electron chi connectivity index (χ0n) is 21.4. The van der Waals surface area contributed by atoms with E-state index in [1.54, 1.807) is 13.8 Å². The minimum absolute atomic E-state index is 0. The summed E-state index contributed by atoms with van der Waals surface area (Å²) >= 11 is 0. The Morgan fingerprint density at radius 2 is 0.839 bits per heavy atom. The van der Waals surface area contributed by atoms with Crippen molar-refractivity contribution in [1.29, 1.82) is 0 Å². The summed E-state index contributed by atoms with van der Waals surface area (Å²) in [5, 5.41) is 17.9. The molecule has 0 unspecified atom stereocenters. The van der Waals surface area contributed by atoms with E-state index >= 15 is 0 Å². The third-order valence-corrected chi connectivity index (χ3v) is 4.87. The van der Waals surface area contributed by atoms with Gasteiger partial charge in [-0.1, -0.05) is 74.5 Å². The average Bonchev–Trinajstić information content (AvgIpc) is 2.74. The van der Waals surface area contributed by atoms with E-state index in [2.05, 4.69) is 103 Å². The average molecular weight is 433 g/mol. The van der Waals surface area contributed by atoms with Crippen LogP contribution in [0.5, 0.6) is 0 Å². The molecule has 0 spiro atoms. The lowest BCUT2D eigenvalue weighted by molar-refractivity contribution is -0.936. The summed E-state index contributed by atoms with van der Waals surface area (Å²) in [6.07, 6.45) is 0. The van der Waals surface area contributed by atoms with E-state index in [0.717, 1.165) is 11.0 Å². The topological polar surface area (TPSA) is 46.1 Å². The molecule has 4 nitrogen and oxygen atoms in total. The Hall–Kier alpha value is -1.72. The Labute approximate surface area is 193 Å². The highest BCUT2D eigenvalue weighted by Gasteiger charge is 2.20. The van der Waals surface area contributed by atoms with Gasteiger partial charge < -0.3 is 19.2 Å². The molecule has 2 aromatic rings. The van der Waals surface area contributed by atoms with Gasteiger partial charge in [0.2, 0.25) is 0 Å². The van der Waals surface area contributed by atoms with Gasteiger partial charge in [0.15, 0.2) is 0 Å². The van der Waals surface area contributed by atoms with Crippen LogP contribution in [-0.4, -0.2) is 63.0 Å². The summed E-state index contributed by atoms with van der Waals surface area (Å²) in [5.41, 5.74) is 2.86. The molecular formula is C27H48N2O2. The zero-order valence-corrected chi connectivity index (χ0v) is 21.4. The standard InChI is InChI=1S/C13H22N.C10H16N.2C2H5O/c1-4-14(5-2,6-3)12-13-10-8-7-9-11-13;1-11(2,3)9-10-7-5-4-6-8-10;2*1-2-3/h7-11H,4-6,12H2,1-3H3;4-8H,9H2,1-3H3;2*2H2,1H3/q2*+1;2*-1. The van der Waals surface area contributed by atoms with Crippen LogP contribution in [0.3, 0.4) is 0 Å². The van der Waals surface area contributed by atoms with Crippen LogP contribution in [-0.2, 0) is 13.1 Å². The van der Waals surface area contributed by atoms with Gasteiger partial charge in [-0.2, -0.15) is 0 Å². The molecule has 2 rings (SSSR count). The van der Waals surface area contributed by atoms with Gasteiger partial charge in [-0.05, 0) is 20.8 Å². The van der Waals surface area contributed by atoms with Crippen LogP contribution in [0.15, 0.2) is 60.7 Å². The minimum atomic E-state index is 0. The molecule has 178 valence electrons. The van der Waals surface area contributed by atoms with E-state index < -0.39 is 0 Å². The number of nitrogens with zero attached hydrogens (tertiary/aromatic N) is 2. The second-order valence-corrected chi connectivity index (χ2v) is 8.45. The Kier molecular flexibility index (Phi) is 19.3. The van der Waals surface area contributed by atoms with Crippen molar-refractivity contribution in [3.8, 4) is 0 Å². The van der Waals surface area contributed by atoms with Crippen LogP contribution in [0, 0.1) is 0 Å². The van der Waals surface area contributed by atoms with Gasteiger partial charge in [-0.25, -0.2) is 0 Å². The fraction of sp³-hybridized carbons (Fsp3) is 0.556. The fourth-order valence-corrected chi connectivity index (χ4v) is 3.11. The molecule has 0 fully saturated rings. The van der Waals surface area contributed by atoms with Crippen molar-refractivity contribution in [2.24, 2.45) is 0 Å². The normalized spacial score (nSPS) is 10.5. The highest BCUT2D eigenvalue weighted by molar-refractivity contribution is 5.14. The minimum Gasteiger partial charge on any atom is -0.855 e. The predicted molar refractivity (Wildman–Crippen MR) is 131 cm³/mol. The SMILES string of the molecule is CC[N+](CC)(CC)Cc1ccccc1.CC[O-].CC[O-].C[N+](C)(C)Cc1ccccc1. The van der Waals surface area contributed by atoms with Gasteiger partial charge in [-0.15, -0.1) is 13.2 Å². The fourth-order valence-electron chi connectivity index (χ4n) is 3.11. The molecule has 4 heteroatoms. The van der Waals surface area contributed by atoms with Crippen molar-refractivity contribution in [2.75, 3.05) is 54.0 Å². The van der Waals surface area contributed by atoms with Crippen LogP contribution in [0.2, 0.25) is 0 Å². The molecule has 31 heavy (non-hydrogen) atoms. The molecule has 0 atom stereocenters. The first-order chi connectivity index (χ1) is 14.7. The van der Waals surface area contributed by atoms with E-state index in [4.69, 9.17) is 10.2 Å². The molecule has 0 heterocycles. The lowest BCUT2D eigenvalue weighted by atomic mass is 10.2. The lowest BCUT2D eigenvalue weighted by Gasteiger charge is -2.35. The Morgan fingerprint density at radius 1 is 0.548 bits per heavy atom. The van der Waals surface area contributed by atoms with Gasteiger partial charge in [0.1, 0.15) is 13.1 Å². The maximum absolute atomic E-state index is 8.93. The zero-order chi connectivity index (χ0) is 24.2. The third-order valence-electron chi connectivity index (χ3n) is 4.87. The van der Waals surface area contributed by atoms with Gasteiger partial charge >= 0.3 is 0 Å². The molecule has 2 aromatic carbocycles. The van der Waals surface area contributed by atoms with E-state index in [-0.39, 0.29) is 13.2 Å². The third kappa shape index (κ3) is 17.6. The smallest absolute Gasteiger partial charge is 0.104 e. The van der Waals surface area contributed by atoms with E-state index in [1.165, 1.54) is 41.8 Å². The van der Waals surface area contributed by atoms with Crippen molar-refractivity contribution in [3.63, 3.8) is 0 Å². The van der Waals surface area contributed by atoms with E-state index in [9.17, 15) is 0 Å². The number of hydrogen-bond acceptors (Lipinski definition) is 2. The highest BCUT2D eigenvalue weighted by atomic mass is 16.3. The van der Waals surface area contributed by atoms with E-state index in [0.29, 0.717) is 0 Å². The van der Waals surface area contributed by atoms with Crippen molar-refractivity contribution in [1.82, 2.24) is 0 Å². The summed E-state index contributed by atoms with van der Waals surface area (Å²) in [4.78, 5) is 0. The summed E-state index contributed by atoms with van der Waals surface area (Å²) in [7, 11) is 6.60. The van der Waals surface area contributed by atoms with Crippen LogP contribution in [0.4, 0.5) is 0 Å². The summed E-state index contributed by atoms with van der Waals surface area (Å²) < 4.78 is 2.19. The number of hydrogen-bond donors (Lipinski definition) is 0. The highest BCUT2D eigenvalue weighted by Crippen LogP contribution is 2.13. The van der Waals surface area contributed by atoms with Gasteiger partial charge in [0, 0.05) is 11.1 Å². The Balaban J connectivity index is 0. The van der Waals surface area contributed by atoms with Crippen molar-refractivity contribution in [2.45, 2.75) is 47.7 Å². The number of rotatable bonds is 7. The number of benzene rings is 2. The monoisotopic (exact) mass is 432 g/mol. The molecule has 0 saturated carbocycles. The Morgan fingerprint density at radius 3 is 1.10 bits per heavy atom. The lowest BCUT2D eigenvalue weighted by Crippen LogP contribution is -2.46. The molecule has 0 saturated heterocycles. The van der Waals surface area contributed by atoms with Crippen LogP contribution in [0.1, 0.15) is 45.7 Å². The first-order valence-corrected chi connectivity index (χ1v) is 11.6. The van der Waals surface area contributed by atoms with Gasteiger partial charge in [0.25, 0.3) is 0 Å². The predicted octanol–water partition coefficient (Wildman–Crippen LogP) is 3.69. The van der Waals surface area contributed by atoms with Crippen LogP contribution in [0.25, 0.3) is 0 Å². The largest absolute Gasteiger partial charge is 0.855 e. The molecule has 0 aliphatic heterocycles. The van der Waals surface area contributed by atoms with Gasteiger partial charge in [-0.3, -0.25) is 0 Å². The molecule has 0 N–H and O–H groups in total.